The van der Waals surface area contributed by atoms with Crippen LogP contribution in [0.1, 0.15) is 12.8 Å². The van der Waals surface area contributed by atoms with Gasteiger partial charge in [-0.3, -0.25) is 0 Å². The van der Waals surface area contributed by atoms with E-state index in [-0.39, 0.29) is 12.1 Å². The predicted molar refractivity (Wildman–Crippen MR) is 40.7 cm³/mol. The van der Waals surface area contributed by atoms with Gasteiger partial charge in [0.05, 0.1) is 6.10 Å². The van der Waals surface area contributed by atoms with Crippen LogP contribution in [0.5, 0.6) is 0 Å². The van der Waals surface area contributed by atoms with Gasteiger partial charge in [-0.25, -0.2) is 0 Å². The molecule has 3 heteroatoms. The third kappa shape index (κ3) is 1.94. The van der Waals surface area contributed by atoms with E-state index < -0.39 is 0 Å². The Kier molecular flexibility index (Phi) is 2.65. The number of likely N-dealkylation sites (tertiary alicyclic amines) is 1. The van der Waals surface area contributed by atoms with Gasteiger partial charge in [-0.05, 0) is 26.4 Å². The smallest absolute Gasteiger partial charge is 0.0817 e. The van der Waals surface area contributed by atoms with Crippen molar-refractivity contribution >= 4 is 0 Å². The largest absolute Gasteiger partial charge is 0.390 e. The highest BCUT2D eigenvalue weighted by molar-refractivity contribution is 4.78. The Balaban J connectivity index is 2.41. The van der Waals surface area contributed by atoms with E-state index in [0.717, 1.165) is 25.9 Å². The highest BCUT2D eigenvalue weighted by Crippen LogP contribution is 2.07. The van der Waals surface area contributed by atoms with Crippen molar-refractivity contribution in [3.8, 4) is 0 Å². The van der Waals surface area contributed by atoms with Gasteiger partial charge < -0.3 is 15.7 Å². The average Bonchev–Trinajstić information content (AvgIpc) is 1.96. The summed E-state index contributed by atoms with van der Waals surface area (Å²) in [5.41, 5.74) is 5.66. The van der Waals surface area contributed by atoms with Gasteiger partial charge in [-0.1, -0.05) is 0 Å². The standard InChI is InChI=1S/C7H16N2O/c1-9-4-2-3-6(8)7(10)5-9/h6-7,10H,2-5,8H2,1H3/t6-,7-/m0/s1. The molecule has 10 heavy (non-hydrogen) atoms. The van der Waals surface area contributed by atoms with Crippen molar-refractivity contribution in [2.45, 2.75) is 25.0 Å². The highest BCUT2D eigenvalue weighted by atomic mass is 16.3. The summed E-state index contributed by atoms with van der Waals surface area (Å²) in [5, 5.41) is 9.36. The molecule has 60 valence electrons. The lowest BCUT2D eigenvalue weighted by Gasteiger charge is -2.18. The number of nitrogens with zero attached hydrogens (tertiary/aromatic N) is 1. The Morgan fingerprint density at radius 3 is 3.00 bits per heavy atom. The van der Waals surface area contributed by atoms with E-state index in [1.54, 1.807) is 0 Å². The van der Waals surface area contributed by atoms with E-state index in [9.17, 15) is 5.11 Å². The third-order valence-corrected chi connectivity index (χ3v) is 2.07. The van der Waals surface area contributed by atoms with Crippen LogP contribution in [-0.2, 0) is 0 Å². The molecule has 1 rings (SSSR count). The van der Waals surface area contributed by atoms with Crippen molar-refractivity contribution in [1.29, 1.82) is 0 Å². The zero-order valence-corrected chi connectivity index (χ0v) is 6.45. The van der Waals surface area contributed by atoms with Gasteiger partial charge >= 0.3 is 0 Å². The van der Waals surface area contributed by atoms with Crippen molar-refractivity contribution in [2.24, 2.45) is 5.73 Å². The number of nitrogens with two attached hydrogens (primary N) is 1. The van der Waals surface area contributed by atoms with E-state index in [4.69, 9.17) is 5.73 Å². The molecule has 0 bridgehead atoms. The molecule has 1 saturated heterocycles. The van der Waals surface area contributed by atoms with Gasteiger partial charge in [0.15, 0.2) is 0 Å². The lowest BCUT2D eigenvalue weighted by Crippen LogP contribution is -2.39. The first kappa shape index (κ1) is 7.98. The van der Waals surface area contributed by atoms with Crippen LogP contribution < -0.4 is 5.73 Å². The van der Waals surface area contributed by atoms with Crippen LogP contribution in [0, 0.1) is 0 Å². The summed E-state index contributed by atoms with van der Waals surface area (Å²) in [4.78, 5) is 2.12. The van der Waals surface area contributed by atoms with E-state index in [2.05, 4.69) is 4.90 Å². The molecule has 0 radical (unpaired) electrons. The molecule has 3 nitrogen and oxygen atoms in total. The van der Waals surface area contributed by atoms with Crippen LogP contribution in [0.2, 0.25) is 0 Å². The molecule has 1 aliphatic rings. The van der Waals surface area contributed by atoms with Gasteiger partial charge in [-0.15, -0.1) is 0 Å². The lowest BCUT2D eigenvalue weighted by molar-refractivity contribution is 0.117. The summed E-state index contributed by atoms with van der Waals surface area (Å²) in [5.74, 6) is 0. The van der Waals surface area contributed by atoms with E-state index in [1.807, 2.05) is 7.05 Å². The number of β-amino-alcohol motifs (C(OH)–C–C–N with tert-alkyl or cyclic N) is 1. The Bertz CT molecular complexity index is 108. The van der Waals surface area contributed by atoms with Crippen LogP contribution >= 0.6 is 0 Å². The maximum atomic E-state index is 9.36. The second-order valence-electron chi connectivity index (χ2n) is 3.14. The zero-order chi connectivity index (χ0) is 7.56. The molecular formula is C7H16N2O. The van der Waals surface area contributed by atoms with Gasteiger partial charge in [0.25, 0.3) is 0 Å². The molecule has 1 heterocycles. The predicted octanol–water partition coefficient (Wildman–Crippen LogP) is -0.600. The highest BCUT2D eigenvalue weighted by Gasteiger charge is 2.19. The minimum absolute atomic E-state index is 0.00931. The van der Waals surface area contributed by atoms with Crippen LogP contribution in [0.4, 0.5) is 0 Å². The molecule has 0 unspecified atom stereocenters. The van der Waals surface area contributed by atoms with Crippen LogP contribution in [0.3, 0.4) is 0 Å². The fourth-order valence-electron chi connectivity index (χ4n) is 1.34. The first-order chi connectivity index (χ1) is 4.70. The molecule has 0 amide bonds. The first-order valence-electron chi connectivity index (χ1n) is 3.82. The fraction of sp³-hybridized carbons (Fsp3) is 1.00. The molecule has 0 aliphatic carbocycles. The van der Waals surface area contributed by atoms with Gasteiger partial charge in [0, 0.05) is 12.6 Å². The quantitative estimate of drug-likeness (QED) is 0.477. The molecule has 0 saturated carbocycles. The van der Waals surface area contributed by atoms with Crippen molar-refractivity contribution in [3.63, 3.8) is 0 Å². The lowest BCUT2D eigenvalue weighted by atomic mass is 10.1. The molecule has 0 spiro atoms. The van der Waals surface area contributed by atoms with E-state index >= 15 is 0 Å². The summed E-state index contributed by atoms with van der Waals surface area (Å²) >= 11 is 0. The molecule has 0 aromatic heterocycles. The average molecular weight is 144 g/mol. The van der Waals surface area contributed by atoms with Crippen molar-refractivity contribution in [1.82, 2.24) is 4.90 Å². The first-order valence-corrected chi connectivity index (χ1v) is 3.82. The summed E-state index contributed by atoms with van der Waals surface area (Å²) in [6.45, 7) is 1.78. The summed E-state index contributed by atoms with van der Waals surface area (Å²) < 4.78 is 0. The maximum absolute atomic E-state index is 9.36. The minimum atomic E-state index is -0.326. The van der Waals surface area contributed by atoms with Crippen molar-refractivity contribution in [2.75, 3.05) is 20.1 Å². The van der Waals surface area contributed by atoms with E-state index in [1.165, 1.54) is 0 Å². The molecular weight excluding hydrogens is 128 g/mol. The number of hydrogen-bond donors (Lipinski definition) is 2. The number of aliphatic hydroxyl groups excluding tert-OH is 1. The van der Waals surface area contributed by atoms with Crippen LogP contribution in [-0.4, -0.2) is 42.3 Å². The Morgan fingerprint density at radius 2 is 2.30 bits per heavy atom. The third-order valence-electron chi connectivity index (χ3n) is 2.07. The fourth-order valence-corrected chi connectivity index (χ4v) is 1.34. The second kappa shape index (κ2) is 3.32. The van der Waals surface area contributed by atoms with Crippen molar-refractivity contribution in [3.05, 3.63) is 0 Å². The normalized spacial score (nSPS) is 37.5. The number of rotatable bonds is 0. The van der Waals surface area contributed by atoms with Gasteiger partial charge in [0.2, 0.25) is 0 Å². The molecule has 1 aliphatic heterocycles. The molecule has 2 atom stereocenters. The topological polar surface area (TPSA) is 49.5 Å². The monoisotopic (exact) mass is 144 g/mol. The minimum Gasteiger partial charge on any atom is -0.390 e. The number of likely N-dealkylation sites (N-methyl/N-ethyl adjacent to an activating group) is 1. The van der Waals surface area contributed by atoms with E-state index in [0.29, 0.717) is 0 Å². The SMILES string of the molecule is CN1CCC[C@H](N)[C@@H](O)C1. The summed E-state index contributed by atoms with van der Waals surface area (Å²) in [6.07, 6.45) is 1.73. The number of aliphatic hydroxyl groups is 1. The van der Waals surface area contributed by atoms with Crippen molar-refractivity contribution < 1.29 is 5.11 Å². The van der Waals surface area contributed by atoms with Gasteiger partial charge in [-0.2, -0.15) is 0 Å². The molecule has 3 N–H and O–H groups in total. The summed E-state index contributed by atoms with van der Waals surface area (Å²) in [7, 11) is 2.02. The van der Waals surface area contributed by atoms with Gasteiger partial charge in [0.1, 0.15) is 0 Å². The molecule has 0 aromatic carbocycles. The second-order valence-corrected chi connectivity index (χ2v) is 3.14. The van der Waals surface area contributed by atoms with Crippen LogP contribution in [0.25, 0.3) is 0 Å². The molecule has 1 fully saturated rings. The number of hydrogen-bond acceptors (Lipinski definition) is 3. The molecule has 0 aromatic rings. The maximum Gasteiger partial charge on any atom is 0.0817 e. The summed E-state index contributed by atoms with van der Waals surface area (Å²) in [6, 6.07) is -0.00931. The Hall–Kier alpha value is -0.120. The van der Waals surface area contributed by atoms with Crippen LogP contribution in [0.15, 0.2) is 0 Å². The zero-order valence-electron chi connectivity index (χ0n) is 6.45. The Morgan fingerprint density at radius 1 is 1.60 bits per heavy atom. The Labute approximate surface area is 61.8 Å².